The quantitative estimate of drug-likeness (QED) is 0.775. The van der Waals surface area contributed by atoms with E-state index >= 15 is 0 Å². The topological polar surface area (TPSA) is 72.9 Å². The molecule has 0 unspecified atom stereocenters. The molecule has 0 radical (unpaired) electrons. The van der Waals surface area contributed by atoms with Gasteiger partial charge in [0, 0.05) is 11.1 Å². The Morgan fingerprint density at radius 2 is 2.00 bits per heavy atom. The lowest BCUT2D eigenvalue weighted by molar-refractivity contribution is -0.151. The highest BCUT2D eigenvalue weighted by Crippen LogP contribution is 2.27. The van der Waals surface area contributed by atoms with E-state index in [2.05, 4.69) is 0 Å². The van der Waals surface area contributed by atoms with Gasteiger partial charge >= 0.3 is 5.97 Å². The van der Waals surface area contributed by atoms with Crippen LogP contribution >= 0.6 is 11.6 Å². The van der Waals surface area contributed by atoms with Crippen molar-refractivity contribution in [3.8, 4) is 0 Å². The number of nitrogens with zero attached hydrogens (tertiary/aromatic N) is 1. The largest absolute Gasteiger partial charge is 0.468 e. The van der Waals surface area contributed by atoms with Crippen LogP contribution in [0.4, 0.5) is 0 Å². The van der Waals surface area contributed by atoms with Gasteiger partial charge in [0.25, 0.3) is 0 Å². The maximum atomic E-state index is 12.9. The summed E-state index contributed by atoms with van der Waals surface area (Å²) in [6.07, 6.45) is 0.528. The Labute approximate surface area is 135 Å². The van der Waals surface area contributed by atoms with E-state index in [0.29, 0.717) is 11.4 Å². The lowest BCUT2D eigenvalue weighted by atomic mass is 10.1. The molecular formula is C14H18ClNO5S. The Bertz CT molecular complexity index is 631. The van der Waals surface area contributed by atoms with Gasteiger partial charge in [-0.15, -0.1) is 0 Å². The van der Waals surface area contributed by atoms with E-state index in [4.69, 9.17) is 21.1 Å². The first-order valence-electron chi connectivity index (χ1n) is 6.86. The summed E-state index contributed by atoms with van der Waals surface area (Å²) in [6.45, 7) is 2.07. The number of ether oxygens (including phenoxy) is 2. The fourth-order valence-electron chi connectivity index (χ4n) is 2.41. The molecule has 2 atom stereocenters. The first kappa shape index (κ1) is 17.2. The summed E-state index contributed by atoms with van der Waals surface area (Å²) in [6, 6.07) is 4.46. The number of hydrogen-bond donors (Lipinski definition) is 0. The Hall–Kier alpha value is -1.15. The second-order valence-electron chi connectivity index (χ2n) is 4.93. The minimum atomic E-state index is -3.85. The number of carbonyl (C=O) groups excluding carboxylic acids is 1. The first-order valence-corrected chi connectivity index (χ1v) is 8.68. The summed E-state index contributed by atoms with van der Waals surface area (Å²) in [4.78, 5) is 12.0. The van der Waals surface area contributed by atoms with Gasteiger partial charge in [-0.1, -0.05) is 18.5 Å². The Morgan fingerprint density at radius 1 is 1.36 bits per heavy atom. The predicted molar refractivity (Wildman–Crippen MR) is 81.2 cm³/mol. The highest BCUT2D eigenvalue weighted by Gasteiger charge is 2.43. The van der Waals surface area contributed by atoms with Gasteiger partial charge < -0.3 is 9.47 Å². The number of carbonyl (C=O) groups is 1. The number of methoxy groups -OCH3 is 1. The molecule has 2 rings (SSSR count). The lowest BCUT2D eigenvalue weighted by Crippen LogP contribution is -2.57. The number of esters is 1. The van der Waals surface area contributed by atoms with Crippen molar-refractivity contribution in [1.82, 2.24) is 4.31 Å². The van der Waals surface area contributed by atoms with E-state index < -0.39 is 28.1 Å². The molecule has 22 heavy (non-hydrogen) atoms. The van der Waals surface area contributed by atoms with Crippen molar-refractivity contribution in [3.63, 3.8) is 0 Å². The molecule has 1 aromatic carbocycles. The van der Waals surface area contributed by atoms with Crippen LogP contribution in [0.5, 0.6) is 0 Å². The standard InChI is InChI=1S/C14H18ClNO5S/c1-3-11-8-21-9-13(14(17)20-2)16(11)22(18,19)12-6-4-10(15)5-7-12/h4-7,11,13H,3,8-9H2,1-2H3/t11-,13-/m1/s1. The molecule has 1 fully saturated rings. The van der Waals surface area contributed by atoms with Crippen LogP contribution in [0.2, 0.25) is 5.02 Å². The fraction of sp³-hybridized carbons (Fsp3) is 0.500. The second kappa shape index (κ2) is 6.95. The van der Waals surface area contributed by atoms with Crippen LogP contribution in [-0.4, -0.2) is 51.1 Å². The summed E-state index contributed by atoms with van der Waals surface area (Å²) >= 11 is 5.80. The molecule has 0 aromatic heterocycles. The third-order valence-electron chi connectivity index (χ3n) is 3.59. The van der Waals surface area contributed by atoms with E-state index in [1.54, 1.807) is 0 Å². The van der Waals surface area contributed by atoms with Crippen molar-refractivity contribution in [2.75, 3.05) is 20.3 Å². The zero-order valence-electron chi connectivity index (χ0n) is 12.4. The van der Waals surface area contributed by atoms with Crippen LogP contribution in [0, 0.1) is 0 Å². The smallest absolute Gasteiger partial charge is 0.326 e. The van der Waals surface area contributed by atoms with Crippen molar-refractivity contribution in [2.24, 2.45) is 0 Å². The molecule has 8 heteroatoms. The normalized spacial score (nSPS) is 23.2. The van der Waals surface area contributed by atoms with Crippen LogP contribution in [0.15, 0.2) is 29.2 Å². The molecule has 0 spiro atoms. The zero-order chi connectivity index (χ0) is 16.3. The number of morpholine rings is 1. The van der Waals surface area contributed by atoms with Crippen LogP contribution in [0.1, 0.15) is 13.3 Å². The number of halogens is 1. The third-order valence-corrected chi connectivity index (χ3v) is 5.81. The van der Waals surface area contributed by atoms with Gasteiger partial charge in [0.2, 0.25) is 10.0 Å². The van der Waals surface area contributed by atoms with Crippen LogP contribution < -0.4 is 0 Å². The fourth-order valence-corrected chi connectivity index (χ4v) is 4.35. The zero-order valence-corrected chi connectivity index (χ0v) is 13.9. The molecule has 1 heterocycles. The summed E-state index contributed by atoms with van der Waals surface area (Å²) in [5.41, 5.74) is 0. The molecular weight excluding hydrogens is 330 g/mol. The van der Waals surface area contributed by atoms with Gasteiger partial charge in [-0.3, -0.25) is 4.79 Å². The van der Waals surface area contributed by atoms with Crippen molar-refractivity contribution in [3.05, 3.63) is 29.3 Å². The van der Waals surface area contributed by atoms with E-state index in [9.17, 15) is 13.2 Å². The summed E-state index contributed by atoms with van der Waals surface area (Å²) in [5, 5.41) is 0.442. The van der Waals surface area contributed by atoms with E-state index in [0.717, 1.165) is 0 Å². The van der Waals surface area contributed by atoms with Crippen molar-refractivity contribution >= 4 is 27.6 Å². The Kier molecular flexibility index (Phi) is 5.44. The van der Waals surface area contributed by atoms with E-state index in [-0.39, 0.29) is 18.1 Å². The Morgan fingerprint density at radius 3 is 2.55 bits per heavy atom. The van der Waals surface area contributed by atoms with Crippen LogP contribution in [0.25, 0.3) is 0 Å². The highest BCUT2D eigenvalue weighted by molar-refractivity contribution is 7.89. The molecule has 0 bridgehead atoms. The first-order chi connectivity index (χ1) is 10.4. The van der Waals surface area contributed by atoms with Gasteiger partial charge in [-0.2, -0.15) is 4.31 Å². The molecule has 6 nitrogen and oxygen atoms in total. The highest BCUT2D eigenvalue weighted by atomic mass is 35.5. The van der Waals surface area contributed by atoms with E-state index in [1.165, 1.54) is 35.7 Å². The summed E-state index contributed by atoms with van der Waals surface area (Å²) < 4.78 is 37.1. The van der Waals surface area contributed by atoms with Gasteiger partial charge in [-0.25, -0.2) is 8.42 Å². The van der Waals surface area contributed by atoms with E-state index in [1.807, 2.05) is 6.92 Å². The third kappa shape index (κ3) is 3.27. The molecule has 1 saturated heterocycles. The van der Waals surface area contributed by atoms with Crippen LogP contribution in [0.3, 0.4) is 0 Å². The average molecular weight is 348 g/mol. The molecule has 122 valence electrons. The van der Waals surface area contributed by atoms with Gasteiger partial charge in [0.15, 0.2) is 0 Å². The lowest BCUT2D eigenvalue weighted by Gasteiger charge is -2.38. The predicted octanol–water partition coefficient (Wildman–Crippen LogP) is 1.68. The second-order valence-corrected chi connectivity index (χ2v) is 7.21. The number of sulfonamides is 1. The Balaban J connectivity index is 2.46. The van der Waals surface area contributed by atoms with Crippen LogP contribution in [-0.2, 0) is 24.3 Å². The van der Waals surface area contributed by atoms with Crippen molar-refractivity contribution < 1.29 is 22.7 Å². The monoisotopic (exact) mass is 347 g/mol. The molecule has 0 N–H and O–H groups in total. The van der Waals surface area contributed by atoms with Gasteiger partial charge in [-0.05, 0) is 30.7 Å². The number of hydrogen-bond acceptors (Lipinski definition) is 5. The SMILES string of the molecule is CC[C@@H]1COC[C@H](C(=O)OC)N1S(=O)(=O)c1ccc(Cl)cc1. The van der Waals surface area contributed by atoms with Gasteiger partial charge in [0.05, 0.1) is 25.2 Å². The maximum Gasteiger partial charge on any atom is 0.326 e. The number of benzene rings is 1. The van der Waals surface area contributed by atoms with Crippen molar-refractivity contribution in [2.45, 2.75) is 30.3 Å². The van der Waals surface area contributed by atoms with Crippen molar-refractivity contribution in [1.29, 1.82) is 0 Å². The summed E-state index contributed by atoms with van der Waals surface area (Å²) in [7, 11) is -2.62. The molecule has 0 amide bonds. The van der Waals surface area contributed by atoms with Gasteiger partial charge in [0.1, 0.15) is 6.04 Å². The minimum absolute atomic E-state index is 0.0179. The maximum absolute atomic E-state index is 12.9. The minimum Gasteiger partial charge on any atom is -0.468 e. The molecule has 1 aliphatic rings. The molecule has 1 aromatic rings. The summed E-state index contributed by atoms with van der Waals surface area (Å²) in [5.74, 6) is -0.629. The molecule has 0 aliphatic carbocycles. The molecule has 0 saturated carbocycles. The number of rotatable bonds is 4. The average Bonchev–Trinajstić information content (AvgIpc) is 2.53. The molecule has 1 aliphatic heterocycles.